The number of H-pyrrole nitrogens is 1. The Labute approximate surface area is 207 Å². The summed E-state index contributed by atoms with van der Waals surface area (Å²) >= 11 is 0. The minimum Gasteiger partial charge on any atom is -0.394 e. The van der Waals surface area contributed by atoms with E-state index < -0.39 is 5.54 Å². The Morgan fingerprint density at radius 1 is 1.25 bits per heavy atom. The number of rotatable bonds is 6. The zero-order valence-corrected chi connectivity index (χ0v) is 20.5. The Bertz CT molecular complexity index is 1450. The number of hydrogen-bond acceptors (Lipinski definition) is 7. The second kappa shape index (κ2) is 9.32. The summed E-state index contributed by atoms with van der Waals surface area (Å²) in [5.74, 6) is -0.387. The molecule has 5 rings (SSSR count). The second-order valence-corrected chi connectivity index (χ2v) is 9.67. The first-order chi connectivity index (χ1) is 17.3. The van der Waals surface area contributed by atoms with E-state index in [1.807, 2.05) is 25.1 Å². The van der Waals surface area contributed by atoms with Crippen molar-refractivity contribution in [2.75, 3.05) is 32.9 Å². The molecule has 11 nitrogen and oxygen atoms in total. The van der Waals surface area contributed by atoms with Gasteiger partial charge in [-0.15, -0.1) is 0 Å². The lowest BCUT2D eigenvalue weighted by atomic mass is 10.1. The molecule has 0 aliphatic carbocycles. The van der Waals surface area contributed by atoms with Crippen LogP contribution in [0.2, 0.25) is 0 Å². The molecule has 11 heteroatoms. The van der Waals surface area contributed by atoms with E-state index in [2.05, 4.69) is 15.3 Å². The van der Waals surface area contributed by atoms with E-state index in [1.165, 1.54) is 0 Å². The molecule has 3 aromatic heterocycles. The molecule has 2 amide bonds. The molecule has 3 N–H and O–H groups in total. The van der Waals surface area contributed by atoms with Gasteiger partial charge in [0.05, 0.1) is 42.6 Å². The molecule has 1 aliphatic rings. The minimum atomic E-state index is -0.786. The van der Waals surface area contributed by atoms with Crippen LogP contribution in [0, 0.1) is 6.92 Å². The van der Waals surface area contributed by atoms with Crippen molar-refractivity contribution >= 4 is 33.9 Å². The zero-order chi connectivity index (χ0) is 25.4. The van der Waals surface area contributed by atoms with E-state index in [1.54, 1.807) is 35.8 Å². The molecule has 4 heterocycles. The van der Waals surface area contributed by atoms with Crippen molar-refractivity contribution in [2.45, 2.75) is 32.9 Å². The molecule has 1 aliphatic heterocycles. The second-order valence-electron chi connectivity index (χ2n) is 9.67. The highest BCUT2D eigenvalue weighted by molar-refractivity contribution is 6.05. The summed E-state index contributed by atoms with van der Waals surface area (Å²) in [4.78, 5) is 39.8. The third kappa shape index (κ3) is 4.54. The first-order valence-corrected chi connectivity index (χ1v) is 11.9. The number of aromatic amines is 1. The monoisotopic (exact) mass is 491 g/mol. The fourth-order valence-corrected chi connectivity index (χ4v) is 4.23. The predicted octanol–water partition coefficient (Wildman–Crippen LogP) is 1.64. The number of benzene rings is 1. The van der Waals surface area contributed by atoms with E-state index in [4.69, 9.17) is 14.8 Å². The number of carbonyl (C=O) groups is 2. The number of aromatic nitrogens is 5. The van der Waals surface area contributed by atoms with Gasteiger partial charge in [-0.3, -0.25) is 14.3 Å². The predicted molar refractivity (Wildman–Crippen MR) is 133 cm³/mol. The Balaban J connectivity index is 1.54. The van der Waals surface area contributed by atoms with Crippen molar-refractivity contribution in [2.24, 2.45) is 0 Å². The molecule has 4 aromatic rings. The van der Waals surface area contributed by atoms with Crippen LogP contribution in [0.15, 0.2) is 30.6 Å². The van der Waals surface area contributed by atoms with Gasteiger partial charge in [0, 0.05) is 24.7 Å². The van der Waals surface area contributed by atoms with Crippen LogP contribution >= 0.6 is 0 Å². The van der Waals surface area contributed by atoms with Crippen molar-refractivity contribution < 1.29 is 19.4 Å². The van der Waals surface area contributed by atoms with E-state index >= 15 is 0 Å². The van der Waals surface area contributed by atoms with Crippen molar-refractivity contribution in [3.05, 3.63) is 41.7 Å². The largest absolute Gasteiger partial charge is 0.394 e. The molecule has 36 heavy (non-hydrogen) atoms. The fourth-order valence-electron chi connectivity index (χ4n) is 4.23. The summed E-state index contributed by atoms with van der Waals surface area (Å²) in [6, 6.07) is 5.94. The molecule has 188 valence electrons. The number of morpholine rings is 1. The van der Waals surface area contributed by atoms with Gasteiger partial charge in [0.25, 0.3) is 5.91 Å². The summed E-state index contributed by atoms with van der Waals surface area (Å²) in [5, 5.41) is 17.9. The highest BCUT2D eigenvalue weighted by atomic mass is 16.5. The third-order valence-corrected chi connectivity index (χ3v) is 6.27. The van der Waals surface area contributed by atoms with Crippen molar-refractivity contribution in [1.29, 1.82) is 0 Å². The molecule has 0 unspecified atom stereocenters. The van der Waals surface area contributed by atoms with Crippen LogP contribution in [0.3, 0.4) is 0 Å². The number of aliphatic hydroxyl groups excluding tert-OH is 1. The number of nitrogens with one attached hydrogen (secondary N) is 2. The summed E-state index contributed by atoms with van der Waals surface area (Å²) < 4.78 is 7.07. The SMILES string of the molecule is Cc1ccc2c(-c3cnc4[nH]cc(C(=O)NC(C)(C)CO)c4n3)nn(CC(=O)N3CCOCC3)c2c1. The van der Waals surface area contributed by atoms with Gasteiger partial charge >= 0.3 is 0 Å². The molecule has 1 saturated heterocycles. The molecule has 0 radical (unpaired) electrons. The Morgan fingerprint density at radius 2 is 2.03 bits per heavy atom. The molecule has 0 spiro atoms. The first-order valence-electron chi connectivity index (χ1n) is 11.9. The highest BCUT2D eigenvalue weighted by Gasteiger charge is 2.24. The molecule has 0 saturated carbocycles. The van der Waals surface area contributed by atoms with E-state index in [-0.39, 0.29) is 25.0 Å². The average molecular weight is 492 g/mol. The Morgan fingerprint density at radius 3 is 2.78 bits per heavy atom. The Kier molecular flexibility index (Phi) is 6.19. The highest BCUT2D eigenvalue weighted by Crippen LogP contribution is 2.29. The van der Waals surface area contributed by atoms with E-state index in [9.17, 15) is 14.7 Å². The molecular formula is C25H29N7O4. The molecular weight excluding hydrogens is 462 g/mol. The van der Waals surface area contributed by atoms with E-state index in [0.717, 1.165) is 16.5 Å². The number of ether oxygens (including phenoxy) is 1. The van der Waals surface area contributed by atoms with Crippen molar-refractivity contribution in [1.82, 2.24) is 34.9 Å². The number of hydrogen-bond donors (Lipinski definition) is 3. The van der Waals surface area contributed by atoms with Crippen LogP contribution in [0.4, 0.5) is 0 Å². The number of carbonyl (C=O) groups excluding carboxylic acids is 2. The minimum absolute atomic E-state index is 0.0200. The normalized spacial score (nSPS) is 14.5. The molecule has 1 fully saturated rings. The van der Waals surface area contributed by atoms with E-state index in [0.29, 0.717) is 54.4 Å². The average Bonchev–Trinajstić information content (AvgIpc) is 3.45. The topological polar surface area (TPSA) is 138 Å². The van der Waals surface area contributed by atoms with Gasteiger partial charge in [-0.05, 0) is 32.4 Å². The lowest BCUT2D eigenvalue weighted by Gasteiger charge is -2.26. The Hall–Kier alpha value is -3.83. The summed E-state index contributed by atoms with van der Waals surface area (Å²) in [6.07, 6.45) is 3.16. The summed E-state index contributed by atoms with van der Waals surface area (Å²) in [6.45, 7) is 7.56. The number of nitrogens with zero attached hydrogens (tertiary/aromatic N) is 5. The maximum absolute atomic E-state index is 13.0. The lowest BCUT2D eigenvalue weighted by Crippen LogP contribution is -2.46. The number of fused-ring (bicyclic) bond motifs is 2. The lowest BCUT2D eigenvalue weighted by molar-refractivity contribution is -0.136. The van der Waals surface area contributed by atoms with Gasteiger partial charge in [-0.25, -0.2) is 9.97 Å². The van der Waals surface area contributed by atoms with Crippen LogP contribution < -0.4 is 5.32 Å². The van der Waals surface area contributed by atoms with Gasteiger partial charge in [-0.1, -0.05) is 12.1 Å². The van der Waals surface area contributed by atoms with Crippen LogP contribution in [0.25, 0.3) is 33.5 Å². The van der Waals surface area contributed by atoms with Crippen LogP contribution in [0.1, 0.15) is 29.8 Å². The van der Waals surface area contributed by atoms with Gasteiger partial charge in [0.2, 0.25) is 5.91 Å². The van der Waals surface area contributed by atoms with Crippen LogP contribution in [-0.4, -0.2) is 85.0 Å². The quantitative estimate of drug-likeness (QED) is 0.373. The van der Waals surface area contributed by atoms with Gasteiger partial charge in [0.15, 0.2) is 5.65 Å². The first kappa shape index (κ1) is 23.9. The van der Waals surface area contributed by atoms with Crippen LogP contribution in [0.5, 0.6) is 0 Å². The number of amides is 2. The zero-order valence-electron chi connectivity index (χ0n) is 20.5. The third-order valence-electron chi connectivity index (χ3n) is 6.27. The molecule has 0 bridgehead atoms. The van der Waals surface area contributed by atoms with Gasteiger partial charge in [-0.2, -0.15) is 5.10 Å². The molecule has 1 aromatic carbocycles. The maximum Gasteiger partial charge on any atom is 0.255 e. The van der Waals surface area contributed by atoms with Crippen LogP contribution in [-0.2, 0) is 16.1 Å². The summed E-state index contributed by atoms with van der Waals surface area (Å²) in [5.41, 5.74) is 3.35. The van der Waals surface area contributed by atoms with Crippen molar-refractivity contribution in [3.63, 3.8) is 0 Å². The molecule has 0 atom stereocenters. The van der Waals surface area contributed by atoms with Gasteiger partial charge < -0.3 is 25.0 Å². The maximum atomic E-state index is 13.0. The number of aliphatic hydroxyl groups is 1. The fraction of sp³-hybridized carbons (Fsp3) is 0.400. The smallest absolute Gasteiger partial charge is 0.255 e. The standard InChI is InChI=1S/C25H29N7O4/c1-15-4-5-16-19(10-15)32(13-20(34)31-6-8-36-9-7-31)30-21(16)18-12-27-23-22(28-18)17(11-26-23)24(35)29-25(2,3)14-33/h4-5,10-12,33H,6-9,13-14H2,1-3H3,(H,26,27)(H,29,35). The number of aryl methyl sites for hydroxylation is 1. The summed E-state index contributed by atoms with van der Waals surface area (Å²) in [7, 11) is 0. The van der Waals surface area contributed by atoms with Gasteiger partial charge in [0.1, 0.15) is 23.4 Å². The van der Waals surface area contributed by atoms with Crippen molar-refractivity contribution in [3.8, 4) is 11.4 Å².